The highest BCUT2D eigenvalue weighted by Crippen LogP contribution is 2.36. The molecule has 0 fully saturated rings. The summed E-state index contributed by atoms with van der Waals surface area (Å²) < 4.78 is 0. The lowest BCUT2D eigenvalue weighted by atomic mass is 9.77. The quantitative estimate of drug-likeness (QED) is 0.791. The first-order chi connectivity index (χ1) is 7.62. The molecule has 2 rings (SSSR count). The van der Waals surface area contributed by atoms with Crippen LogP contribution in [-0.2, 0) is 11.2 Å². The van der Waals surface area contributed by atoms with Crippen LogP contribution in [0.3, 0.4) is 0 Å². The first-order valence-corrected chi connectivity index (χ1v) is 5.89. The van der Waals surface area contributed by atoms with Gasteiger partial charge in [-0.3, -0.25) is 0 Å². The van der Waals surface area contributed by atoms with Gasteiger partial charge in [-0.25, -0.2) is 0 Å². The molecule has 1 aliphatic carbocycles. The summed E-state index contributed by atoms with van der Waals surface area (Å²) in [5.74, 6) is 0.324. The predicted molar refractivity (Wildman–Crippen MR) is 63.4 cm³/mol. The molecule has 2 heteroatoms. The van der Waals surface area contributed by atoms with E-state index in [0.29, 0.717) is 18.6 Å². The van der Waals surface area contributed by atoms with Gasteiger partial charge in [-0.1, -0.05) is 24.3 Å². The van der Waals surface area contributed by atoms with E-state index >= 15 is 0 Å². The van der Waals surface area contributed by atoms with Crippen molar-refractivity contribution in [1.29, 1.82) is 0 Å². The Labute approximate surface area is 96.3 Å². The van der Waals surface area contributed by atoms with E-state index in [-0.39, 0.29) is 0 Å². The Morgan fingerprint density at radius 3 is 3.00 bits per heavy atom. The molecule has 86 valence electrons. The van der Waals surface area contributed by atoms with Crippen LogP contribution in [0, 0.1) is 0 Å². The average Bonchev–Trinajstić information content (AvgIpc) is 2.29. The minimum atomic E-state index is -1.19. The molecule has 0 amide bonds. The Morgan fingerprint density at radius 1 is 1.50 bits per heavy atom. The van der Waals surface area contributed by atoms with Crippen molar-refractivity contribution in [3.63, 3.8) is 0 Å². The second kappa shape index (κ2) is 4.38. The molecule has 2 unspecified atom stereocenters. The fraction of sp³-hybridized carbons (Fsp3) is 0.500. The van der Waals surface area contributed by atoms with Crippen LogP contribution in [0.15, 0.2) is 24.3 Å². The van der Waals surface area contributed by atoms with E-state index < -0.39 is 5.60 Å². The standard InChI is InChI=1S/C14H18O2/c1-14(16,10-15)9-12-7-4-6-11-5-2-3-8-13(11)12/h2-3,5,8,10,12,16H,4,6-7,9H2,1H3. The number of carbonyl (C=O) groups is 1. The maximum atomic E-state index is 10.8. The molecule has 1 aromatic rings. The van der Waals surface area contributed by atoms with Gasteiger partial charge in [-0.2, -0.15) is 0 Å². The van der Waals surface area contributed by atoms with Crippen molar-refractivity contribution in [2.24, 2.45) is 0 Å². The molecular weight excluding hydrogens is 200 g/mol. The molecular formula is C14H18O2. The van der Waals surface area contributed by atoms with Crippen LogP contribution in [0.4, 0.5) is 0 Å². The third kappa shape index (κ3) is 2.33. The van der Waals surface area contributed by atoms with E-state index in [1.807, 2.05) is 6.07 Å². The third-order valence-corrected chi connectivity index (χ3v) is 3.41. The molecule has 0 radical (unpaired) electrons. The van der Waals surface area contributed by atoms with Gasteiger partial charge in [0.25, 0.3) is 0 Å². The fourth-order valence-corrected chi connectivity index (χ4v) is 2.61. The van der Waals surface area contributed by atoms with Gasteiger partial charge in [0, 0.05) is 0 Å². The number of aliphatic hydroxyl groups is 1. The highest BCUT2D eigenvalue weighted by molar-refractivity contribution is 5.61. The maximum Gasteiger partial charge on any atom is 0.151 e. The highest BCUT2D eigenvalue weighted by atomic mass is 16.3. The second-order valence-electron chi connectivity index (χ2n) is 4.97. The largest absolute Gasteiger partial charge is 0.383 e. The smallest absolute Gasteiger partial charge is 0.151 e. The Bertz CT molecular complexity index is 382. The van der Waals surface area contributed by atoms with Crippen LogP contribution in [0.5, 0.6) is 0 Å². The van der Waals surface area contributed by atoms with E-state index in [1.54, 1.807) is 6.92 Å². The summed E-state index contributed by atoms with van der Waals surface area (Å²) in [4.78, 5) is 10.8. The van der Waals surface area contributed by atoms with E-state index in [0.717, 1.165) is 19.3 Å². The van der Waals surface area contributed by atoms with Crippen LogP contribution in [0.1, 0.15) is 43.2 Å². The van der Waals surface area contributed by atoms with E-state index in [4.69, 9.17) is 0 Å². The summed E-state index contributed by atoms with van der Waals surface area (Å²) in [6, 6.07) is 8.36. The van der Waals surface area contributed by atoms with Crippen molar-refractivity contribution in [2.45, 2.75) is 44.1 Å². The summed E-state index contributed by atoms with van der Waals surface area (Å²) in [7, 11) is 0. The molecule has 1 N–H and O–H groups in total. The first-order valence-electron chi connectivity index (χ1n) is 5.89. The summed E-state index contributed by atoms with van der Waals surface area (Å²) in [5.41, 5.74) is 1.51. The molecule has 2 atom stereocenters. The van der Waals surface area contributed by atoms with Gasteiger partial charge in [0.2, 0.25) is 0 Å². The number of fused-ring (bicyclic) bond motifs is 1. The van der Waals surface area contributed by atoms with Crippen LogP contribution >= 0.6 is 0 Å². The van der Waals surface area contributed by atoms with E-state index in [2.05, 4.69) is 18.2 Å². The van der Waals surface area contributed by atoms with Gasteiger partial charge in [0.05, 0.1) is 0 Å². The molecule has 0 bridgehead atoms. The lowest BCUT2D eigenvalue weighted by molar-refractivity contribution is -0.123. The number of rotatable bonds is 3. The topological polar surface area (TPSA) is 37.3 Å². The molecule has 0 saturated heterocycles. The fourth-order valence-electron chi connectivity index (χ4n) is 2.61. The highest BCUT2D eigenvalue weighted by Gasteiger charge is 2.28. The average molecular weight is 218 g/mol. The number of hydrogen-bond donors (Lipinski definition) is 1. The second-order valence-corrected chi connectivity index (χ2v) is 4.97. The van der Waals surface area contributed by atoms with Gasteiger partial charge >= 0.3 is 0 Å². The number of benzene rings is 1. The zero-order chi connectivity index (χ0) is 11.6. The van der Waals surface area contributed by atoms with Crippen molar-refractivity contribution >= 4 is 6.29 Å². The Morgan fingerprint density at radius 2 is 2.25 bits per heavy atom. The van der Waals surface area contributed by atoms with Crippen molar-refractivity contribution in [3.8, 4) is 0 Å². The number of hydrogen-bond acceptors (Lipinski definition) is 2. The molecule has 0 aromatic heterocycles. The predicted octanol–water partition coefficient (Wildman–Crippen LogP) is 2.45. The molecule has 1 aliphatic rings. The summed E-state index contributed by atoms with van der Waals surface area (Å²) in [6.07, 6.45) is 4.53. The first kappa shape index (κ1) is 11.3. The normalized spacial score (nSPS) is 23.2. The minimum Gasteiger partial charge on any atom is -0.383 e. The van der Waals surface area contributed by atoms with Crippen LogP contribution in [0.2, 0.25) is 0 Å². The molecule has 0 aliphatic heterocycles. The maximum absolute atomic E-state index is 10.8. The number of aldehydes is 1. The molecule has 0 heterocycles. The van der Waals surface area contributed by atoms with Crippen molar-refractivity contribution in [1.82, 2.24) is 0 Å². The molecule has 0 spiro atoms. The Hall–Kier alpha value is -1.15. The van der Waals surface area contributed by atoms with Crippen molar-refractivity contribution in [3.05, 3.63) is 35.4 Å². The van der Waals surface area contributed by atoms with Gasteiger partial charge < -0.3 is 9.90 Å². The zero-order valence-corrected chi connectivity index (χ0v) is 9.65. The lowest BCUT2D eigenvalue weighted by Crippen LogP contribution is -2.29. The minimum absolute atomic E-state index is 0.324. The SMILES string of the molecule is CC(O)(C=O)CC1CCCc2ccccc21. The van der Waals surface area contributed by atoms with Gasteiger partial charge in [0.1, 0.15) is 5.60 Å². The lowest BCUT2D eigenvalue weighted by Gasteiger charge is -2.29. The Kier molecular flexibility index (Phi) is 3.10. The van der Waals surface area contributed by atoms with Crippen LogP contribution in [0.25, 0.3) is 0 Å². The number of carbonyl (C=O) groups excluding carboxylic acids is 1. The van der Waals surface area contributed by atoms with Gasteiger partial charge in [-0.15, -0.1) is 0 Å². The van der Waals surface area contributed by atoms with Crippen molar-refractivity contribution < 1.29 is 9.90 Å². The van der Waals surface area contributed by atoms with Crippen molar-refractivity contribution in [2.75, 3.05) is 0 Å². The summed E-state index contributed by atoms with van der Waals surface area (Å²) >= 11 is 0. The summed E-state index contributed by atoms with van der Waals surface area (Å²) in [5, 5.41) is 9.83. The molecule has 2 nitrogen and oxygen atoms in total. The monoisotopic (exact) mass is 218 g/mol. The number of aryl methyl sites for hydroxylation is 1. The van der Waals surface area contributed by atoms with Crippen LogP contribution < -0.4 is 0 Å². The Balaban J connectivity index is 2.22. The van der Waals surface area contributed by atoms with E-state index in [9.17, 15) is 9.90 Å². The van der Waals surface area contributed by atoms with Gasteiger partial charge in [-0.05, 0) is 49.7 Å². The molecule has 16 heavy (non-hydrogen) atoms. The van der Waals surface area contributed by atoms with Crippen LogP contribution in [-0.4, -0.2) is 17.0 Å². The third-order valence-electron chi connectivity index (χ3n) is 3.41. The zero-order valence-electron chi connectivity index (χ0n) is 9.65. The van der Waals surface area contributed by atoms with Gasteiger partial charge in [0.15, 0.2) is 6.29 Å². The summed E-state index contributed by atoms with van der Waals surface area (Å²) in [6.45, 7) is 1.59. The molecule has 0 saturated carbocycles. The molecule has 1 aromatic carbocycles. The van der Waals surface area contributed by atoms with E-state index in [1.165, 1.54) is 11.1 Å².